The summed E-state index contributed by atoms with van der Waals surface area (Å²) in [4.78, 5) is 24.5. The number of aromatic nitrogens is 2. The van der Waals surface area contributed by atoms with Crippen molar-refractivity contribution in [1.29, 1.82) is 0 Å². The molecule has 0 saturated carbocycles. The van der Waals surface area contributed by atoms with Crippen molar-refractivity contribution in [3.05, 3.63) is 18.0 Å². The molecule has 2 atom stereocenters. The first-order chi connectivity index (χ1) is 9.47. The van der Waals surface area contributed by atoms with Gasteiger partial charge in [0, 0.05) is 39.3 Å². The molecule has 20 heavy (non-hydrogen) atoms. The van der Waals surface area contributed by atoms with Crippen molar-refractivity contribution >= 4 is 12.0 Å². The lowest BCUT2D eigenvalue weighted by Crippen LogP contribution is -2.39. The highest BCUT2D eigenvalue weighted by Crippen LogP contribution is 2.22. The third kappa shape index (κ3) is 3.28. The summed E-state index contributed by atoms with van der Waals surface area (Å²) in [5, 5.41) is 16.1. The molecule has 2 rings (SSSR count). The maximum Gasteiger partial charge on any atom is 0.317 e. The Morgan fingerprint density at radius 3 is 2.80 bits per heavy atom. The van der Waals surface area contributed by atoms with Gasteiger partial charge in [-0.15, -0.1) is 0 Å². The van der Waals surface area contributed by atoms with Crippen molar-refractivity contribution in [3.8, 4) is 0 Å². The Labute approximate surface area is 117 Å². The Kier molecular flexibility index (Phi) is 4.26. The van der Waals surface area contributed by atoms with Gasteiger partial charge in [-0.1, -0.05) is 6.92 Å². The van der Waals surface area contributed by atoms with Crippen molar-refractivity contribution in [1.82, 2.24) is 20.0 Å². The third-order valence-electron chi connectivity index (χ3n) is 3.64. The Morgan fingerprint density at radius 2 is 2.25 bits per heavy atom. The van der Waals surface area contributed by atoms with E-state index in [0.717, 1.165) is 5.69 Å². The van der Waals surface area contributed by atoms with E-state index in [2.05, 4.69) is 10.4 Å². The van der Waals surface area contributed by atoms with Crippen LogP contribution in [0.15, 0.2) is 12.3 Å². The summed E-state index contributed by atoms with van der Waals surface area (Å²) in [6.07, 6.45) is 2.52. The van der Waals surface area contributed by atoms with Crippen LogP contribution in [0.5, 0.6) is 0 Å². The van der Waals surface area contributed by atoms with Gasteiger partial charge in [0.15, 0.2) is 0 Å². The average Bonchev–Trinajstić information content (AvgIpc) is 2.95. The molecule has 2 N–H and O–H groups in total. The summed E-state index contributed by atoms with van der Waals surface area (Å²) in [5.41, 5.74) is 0.922. The molecule has 2 amide bonds. The van der Waals surface area contributed by atoms with Crippen LogP contribution in [0.4, 0.5) is 4.79 Å². The van der Waals surface area contributed by atoms with Crippen molar-refractivity contribution in [2.24, 2.45) is 18.9 Å². The first-order valence-corrected chi connectivity index (χ1v) is 6.71. The summed E-state index contributed by atoms with van der Waals surface area (Å²) >= 11 is 0. The van der Waals surface area contributed by atoms with E-state index in [9.17, 15) is 9.59 Å². The van der Waals surface area contributed by atoms with E-state index in [1.54, 1.807) is 9.58 Å². The number of nitrogens with one attached hydrogen (secondary N) is 1. The maximum absolute atomic E-state index is 12.0. The topological polar surface area (TPSA) is 87.5 Å². The van der Waals surface area contributed by atoms with E-state index < -0.39 is 11.9 Å². The number of aryl methyl sites for hydroxylation is 1. The fraction of sp³-hybridized carbons (Fsp3) is 0.615. The fourth-order valence-corrected chi connectivity index (χ4v) is 2.46. The quantitative estimate of drug-likeness (QED) is 0.831. The van der Waals surface area contributed by atoms with E-state index in [4.69, 9.17) is 5.11 Å². The van der Waals surface area contributed by atoms with E-state index >= 15 is 0 Å². The van der Waals surface area contributed by atoms with Crippen molar-refractivity contribution in [3.63, 3.8) is 0 Å². The molecule has 0 bridgehead atoms. The molecule has 1 aliphatic rings. The van der Waals surface area contributed by atoms with Crippen molar-refractivity contribution in [2.45, 2.75) is 13.3 Å². The molecular formula is C13H20N4O3. The lowest BCUT2D eigenvalue weighted by atomic mass is 9.99. The number of carboxylic acids is 1. The van der Waals surface area contributed by atoms with E-state index in [1.165, 1.54) is 0 Å². The summed E-state index contributed by atoms with van der Waals surface area (Å²) in [6, 6.07) is 1.71. The van der Waals surface area contributed by atoms with Gasteiger partial charge >= 0.3 is 12.0 Å². The molecule has 0 aromatic carbocycles. The second-order valence-corrected chi connectivity index (χ2v) is 5.29. The number of carbonyl (C=O) groups excluding carboxylic acids is 1. The predicted octanol–water partition coefficient (Wildman–Crippen LogP) is 0.325. The molecular weight excluding hydrogens is 260 g/mol. The number of amides is 2. The number of rotatable bonds is 4. The molecule has 0 radical (unpaired) electrons. The standard InChI is InChI=1S/C13H20N4O3/c1-9-7-17(8-11(9)12(18)19)13(20)14-5-3-10-4-6-16(2)15-10/h4,6,9,11H,3,5,7-8H2,1-2H3,(H,14,20)(H,18,19)/t9-,11-/m1/s1. The maximum atomic E-state index is 12.0. The molecule has 1 aliphatic heterocycles. The lowest BCUT2D eigenvalue weighted by molar-refractivity contribution is -0.142. The van der Waals surface area contributed by atoms with Crippen LogP contribution in [0.25, 0.3) is 0 Å². The van der Waals surface area contributed by atoms with Gasteiger partial charge in [0.2, 0.25) is 0 Å². The number of likely N-dealkylation sites (tertiary alicyclic amines) is 1. The predicted molar refractivity (Wildman–Crippen MR) is 72.2 cm³/mol. The van der Waals surface area contributed by atoms with Gasteiger partial charge in [-0.25, -0.2) is 4.79 Å². The van der Waals surface area contributed by atoms with Gasteiger partial charge in [-0.05, 0) is 12.0 Å². The zero-order valence-corrected chi connectivity index (χ0v) is 11.7. The SMILES string of the molecule is C[C@@H]1CN(C(=O)NCCc2ccn(C)n2)C[C@H]1C(=O)O. The van der Waals surface area contributed by atoms with Crippen LogP contribution in [0, 0.1) is 11.8 Å². The number of hydrogen-bond donors (Lipinski definition) is 2. The van der Waals surface area contributed by atoms with Gasteiger partial charge in [0.05, 0.1) is 11.6 Å². The molecule has 0 unspecified atom stereocenters. The minimum Gasteiger partial charge on any atom is -0.481 e. The molecule has 110 valence electrons. The van der Waals surface area contributed by atoms with Crippen LogP contribution in [0.2, 0.25) is 0 Å². The van der Waals surface area contributed by atoms with E-state index in [1.807, 2.05) is 26.2 Å². The smallest absolute Gasteiger partial charge is 0.317 e. The van der Waals surface area contributed by atoms with Gasteiger partial charge in [-0.2, -0.15) is 5.10 Å². The third-order valence-corrected chi connectivity index (χ3v) is 3.64. The summed E-state index contributed by atoms with van der Waals surface area (Å²) in [6.45, 7) is 3.14. The fourth-order valence-electron chi connectivity index (χ4n) is 2.46. The number of nitrogens with zero attached hydrogens (tertiary/aromatic N) is 3. The molecule has 1 saturated heterocycles. The minimum absolute atomic E-state index is 0.00552. The Balaban J connectivity index is 1.77. The zero-order valence-electron chi connectivity index (χ0n) is 11.7. The van der Waals surface area contributed by atoms with Crippen LogP contribution in [-0.4, -0.2) is 51.4 Å². The van der Waals surface area contributed by atoms with Crippen LogP contribution in [0.1, 0.15) is 12.6 Å². The first kappa shape index (κ1) is 14.4. The van der Waals surface area contributed by atoms with Crippen LogP contribution in [-0.2, 0) is 18.3 Å². The molecule has 2 heterocycles. The normalized spacial score (nSPS) is 22.0. The Morgan fingerprint density at radius 1 is 1.50 bits per heavy atom. The van der Waals surface area contributed by atoms with Gasteiger partial charge in [0.1, 0.15) is 0 Å². The largest absolute Gasteiger partial charge is 0.481 e. The number of aliphatic carboxylic acids is 1. The van der Waals surface area contributed by atoms with Gasteiger partial charge in [0.25, 0.3) is 0 Å². The molecule has 0 aliphatic carbocycles. The first-order valence-electron chi connectivity index (χ1n) is 6.71. The molecule has 7 nitrogen and oxygen atoms in total. The number of carbonyl (C=O) groups is 2. The van der Waals surface area contributed by atoms with Crippen LogP contribution >= 0.6 is 0 Å². The monoisotopic (exact) mass is 280 g/mol. The number of carboxylic acid groups (broad SMARTS) is 1. The van der Waals surface area contributed by atoms with Crippen LogP contribution < -0.4 is 5.32 Å². The van der Waals surface area contributed by atoms with E-state index in [-0.39, 0.29) is 18.5 Å². The molecule has 7 heteroatoms. The lowest BCUT2D eigenvalue weighted by Gasteiger charge is -2.16. The second kappa shape index (κ2) is 5.94. The average molecular weight is 280 g/mol. The highest BCUT2D eigenvalue weighted by molar-refractivity contribution is 5.77. The summed E-state index contributed by atoms with van der Waals surface area (Å²) in [5.74, 6) is -1.30. The van der Waals surface area contributed by atoms with E-state index in [0.29, 0.717) is 19.5 Å². The second-order valence-electron chi connectivity index (χ2n) is 5.29. The summed E-state index contributed by atoms with van der Waals surface area (Å²) < 4.78 is 1.72. The summed E-state index contributed by atoms with van der Waals surface area (Å²) in [7, 11) is 1.85. The molecule has 1 aromatic heterocycles. The van der Waals surface area contributed by atoms with Gasteiger partial charge < -0.3 is 15.3 Å². The van der Waals surface area contributed by atoms with Gasteiger partial charge in [-0.3, -0.25) is 9.48 Å². The number of hydrogen-bond acceptors (Lipinski definition) is 3. The molecule has 1 aromatic rings. The molecule has 0 spiro atoms. The van der Waals surface area contributed by atoms with Crippen molar-refractivity contribution in [2.75, 3.05) is 19.6 Å². The highest BCUT2D eigenvalue weighted by atomic mass is 16.4. The molecule has 1 fully saturated rings. The number of urea groups is 1. The Hall–Kier alpha value is -2.05. The van der Waals surface area contributed by atoms with Crippen LogP contribution in [0.3, 0.4) is 0 Å². The Bertz CT molecular complexity index is 500. The zero-order chi connectivity index (χ0) is 14.7. The minimum atomic E-state index is -0.832. The highest BCUT2D eigenvalue weighted by Gasteiger charge is 2.36. The van der Waals surface area contributed by atoms with Crippen molar-refractivity contribution < 1.29 is 14.7 Å².